The number of para-hydroxylation sites is 1. The van der Waals surface area contributed by atoms with Crippen LogP contribution in [0.1, 0.15) is 50.2 Å². The Morgan fingerprint density at radius 2 is 1.87 bits per heavy atom. The molecule has 0 bridgehead atoms. The number of fused-ring (bicyclic) bond motifs is 2. The maximum absolute atomic E-state index is 13.7. The maximum atomic E-state index is 13.7. The van der Waals surface area contributed by atoms with E-state index in [1.807, 2.05) is 48.5 Å². The van der Waals surface area contributed by atoms with E-state index in [9.17, 15) is 14.4 Å². The molecule has 0 spiro atoms. The van der Waals surface area contributed by atoms with Crippen molar-refractivity contribution in [1.29, 1.82) is 0 Å². The SMILES string of the molecule is COc1ccccc1CNC(=O)C1CCCN(c2cccc3c2C(=O)N(c2ccc4c(c2)COC4)C3=O)C1. The lowest BCUT2D eigenvalue weighted by molar-refractivity contribution is -0.125. The quantitative estimate of drug-likeness (QED) is 0.503. The molecule has 0 radical (unpaired) electrons. The normalized spacial score (nSPS) is 18.4. The van der Waals surface area contributed by atoms with E-state index in [1.54, 1.807) is 19.2 Å². The number of hydrogen-bond donors (Lipinski definition) is 1. The summed E-state index contributed by atoms with van der Waals surface area (Å²) in [5, 5.41) is 3.05. The van der Waals surface area contributed by atoms with Gasteiger partial charge in [0.1, 0.15) is 5.75 Å². The molecule has 1 saturated heterocycles. The molecule has 1 N–H and O–H groups in total. The van der Waals surface area contributed by atoms with Crippen molar-refractivity contribution in [1.82, 2.24) is 5.32 Å². The number of piperidine rings is 1. The third kappa shape index (κ3) is 4.20. The number of imide groups is 1. The highest BCUT2D eigenvalue weighted by Crippen LogP contribution is 2.37. The molecule has 8 heteroatoms. The predicted molar refractivity (Wildman–Crippen MR) is 142 cm³/mol. The van der Waals surface area contributed by atoms with Crippen LogP contribution in [0.4, 0.5) is 11.4 Å². The van der Waals surface area contributed by atoms with Crippen LogP contribution in [0.25, 0.3) is 0 Å². The molecular weight excluding hydrogens is 482 g/mol. The largest absolute Gasteiger partial charge is 0.496 e. The van der Waals surface area contributed by atoms with Crippen molar-refractivity contribution in [3.8, 4) is 5.75 Å². The minimum Gasteiger partial charge on any atom is -0.496 e. The number of nitrogens with zero attached hydrogens (tertiary/aromatic N) is 2. The van der Waals surface area contributed by atoms with Crippen molar-refractivity contribution in [2.24, 2.45) is 5.92 Å². The van der Waals surface area contributed by atoms with Gasteiger partial charge in [0.25, 0.3) is 11.8 Å². The maximum Gasteiger partial charge on any atom is 0.268 e. The van der Waals surface area contributed by atoms with Crippen molar-refractivity contribution < 1.29 is 23.9 Å². The van der Waals surface area contributed by atoms with E-state index < -0.39 is 0 Å². The fourth-order valence-corrected chi connectivity index (χ4v) is 5.65. The van der Waals surface area contributed by atoms with Gasteiger partial charge in [-0.2, -0.15) is 0 Å². The van der Waals surface area contributed by atoms with E-state index in [2.05, 4.69) is 10.2 Å². The number of methoxy groups -OCH3 is 1. The summed E-state index contributed by atoms with van der Waals surface area (Å²) in [5.74, 6) is -0.176. The highest BCUT2D eigenvalue weighted by Gasteiger charge is 2.40. The molecule has 0 aliphatic carbocycles. The van der Waals surface area contributed by atoms with Gasteiger partial charge in [0.05, 0.1) is 48.7 Å². The van der Waals surface area contributed by atoms with Crippen LogP contribution in [-0.4, -0.2) is 37.9 Å². The topological polar surface area (TPSA) is 88.2 Å². The molecule has 1 atom stereocenters. The van der Waals surface area contributed by atoms with Crippen molar-refractivity contribution >= 4 is 29.1 Å². The van der Waals surface area contributed by atoms with E-state index in [0.29, 0.717) is 55.3 Å². The minimum atomic E-state index is -0.331. The van der Waals surface area contributed by atoms with E-state index in [-0.39, 0.29) is 23.6 Å². The lowest BCUT2D eigenvalue weighted by atomic mass is 9.95. The van der Waals surface area contributed by atoms with Crippen LogP contribution in [0.5, 0.6) is 5.75 Å². The Labute approximate surface area is 221 Å². The van der Waals surface area contributed by atoms with Crippen molar-refractivity contribution in [3.63, 3.8) is 0 Å². The zero-order valence-corrected chi connectivity index (χ0v) is 21.2. The number of carbonyl (C=O) groups is 3. The van der Waals surface area contributed by atoms with Gasteiger partial charge in [-0.3, -0.25) is 14.4 Å². The van der Waals surface area contributed by atoms with E-state index >= 15 is 0 Å². The van der Waals surface area contributed by atoms with E-state index in [1.165, 1.54) is 4.90 Å². The summed E-state index contributed by atoms with van der Waals surface area (Å²) in [7, 11) is 1.61. The average Bonchev–Trinajstić information content (AvgIpc) is 3.53. The highest BCUT2D eigenvalue weighted by molar-refractivity contribution is 6.36. The van der Waals surface area contributed by atoms with Gasteiger partial charge >= 0.3 is 0 Å². The van der Waals surface area contributed by atoms with Gasteiger partial charge in [0.15, 0.2) is 0 Å². The number of carbonyl (C=O) groups excluding carboxylic acids is 3. The van der Waals surface area contributed by atoms with Crippen LogP contribution < -0.4 is 19.9 Å². The Kier molecular flexibility index (Phi) is 6.33. The average molecular weight is 512 g/mol. The number of ether oxygens (including phenoxy) is 2. The molecule has 194 valence electrons. The zero-order valence-electron chi connectivity index (χ0n) is 21.2. The second kappa shape index (κ2) is 9.95. The molecule has 0 saturated carbocycles. The summed E-state index contributed by atoms with van der Waals surface area (Å²) < 4.78 is 10.9. The van der Waals surface area contributed by atoms with Gasteiger partial charge in [-0.05, 0) is 54.3 Å². The Morgan fingerprint density at radius 1 is 1.03 bits per heavy atom. The fourth-order valence-electron chi connectivity index (χ4n) is 5.65. The number of benzene rings is 3. The molecule has 3 aromatic carbocycles. The number of nitrogens with one attached hydrogen (secondary N) is 1. The first kappa shape index (κ1) is 24.2. The van der Waals surface area contributed by atoms with Crippen LogP contribution in [0.3, 0.4) is 0 Å². The first-order valence-electron chi connectivity index (χ1n) is 12.9. The Balaban J connectivity index is 1.21. The Bertz CT molecular complexity index is 1440. The molecule has 3 aliphatic rings. The van der Waals surface area contributed by atoms with Gasteiger partial charge in [-0.25, -0.2) is 4.90 Å². The Hall–Kier alpha value is -4.17. The third-order valence-corrected chi connectivity index (χ3v) is 7.63. The van der Waals surface area contributed by atoms with Crippen molar-refractivity contribution in [2.75, 3.05) is 30.0 Å². The molecule has 1 unspecified atom stereocenters. The third-order valence-electron chi connectivity index (χ3n) is 7.63. The molecule has 1 fully saturated rings. The van der Waals surface area contributed by atoms with E-state index in [0.717, 1.165) is 35.3 Å². The summed E-state index contributed by atoms with van der Waals surface area (Å²) in [6.07, 6.45) is 1.58. The molecule has 38 heavy (non-hydrogen) atoms. The zero-order chi connectivity index (χ0) is 26.2. The second-order valence-electron chi connectivity index (χ2n) is 9.91. The molecule has 0 aromatic heterocycles. The second-order valence-corrected chi connectivity index (χ2v) is 9.91. The predicted octanol–water partition coefficient (Wildman–Crippen LogP) is 4.06. The fraction of sp³-hybridized carbons (Fsp3) is 0.300. The van der Waals surface area contributed by atoms with Crippen molar-refractivity contribution in [2.45, 2.75) is 32.6 Å². The van der Waals surface area contributed by atoms with Crippen LogP contribution in [-0.2, 0) is 29.3 Å². The number of amides is 3. The molecule has 3 amide bonds. The standard InChI is InChI=1S/C30H29N3O5/c1-37-26-10-3-2-6-19(26)15-31-28(34)20-7-5-13-32(16-20)25-9-4-8-24-27(25)30(36)33(29(24)35)23-12-11-21-17-38-18-22(21)14-23/h2-4,6,8-12,14,20H,5,7,13,15-18H2,1H3,(H,31,34). The van der Waals surface area contributed by atoms with Gasteiger partial charge < -0.3 is 19.7 Å². The highest BCUT2D eigenvalue weighted by atomic mass is 16.5. The van der Waals surface area contributed by atoms with Crippen LogP contribution in [0.15, 0.2) is 60.7 Å². The van der Waals surface area contributed by atoms with Crippen LogP contribution >= 0.6 is 0 Å². The molecule has 3 aliphatic heterocycles. The number of anilines is 2. The summed E-state index contributed by atoms with van der Waals surface area (Å²) in [4.78, 5) is 43.5. The molecule has 3 aromatic rings. The smallest absolute Gasteiger partial charge is 0.268 e. The van der Waals surface area contributed by atoms with Crippen molar-refractivity contribution in [3.05, 3.63) is 88.5 Å². The lowest BCUT2D eigenvalue weighted by Crippen LogP contribution is -2.43. The van der Waals surface area contributed by atoms with E-state index in [4.69, 9.17) is 9.47 Å². The molecule has 3 heterocycles. The molecule has 8 nitrogen and oxygen atoms in total. The van der Waals surface area contributed by atoms with Gasteiger partial charge in [0.2, 0.25) is 5.91 Å². The number of rotatable bonds is 6. The van der Waals surface area contributed by atoms with Crippen LogP contribution in [0, 0.1) is 5.92 Å². The summed E-state index contributed by atoms with van der Waals surface area (Å²) in [6, 6.07) is 18.6. The van der Waals surface area contributed by atoms with Gasteiger partial charge in [0, 0.05) is 25.2 Å². The van der Waals surface area contributed by atoms with Crippen LogP contribution in [0.2, 0.25) is 0 Å². The van der Waals surface area contributed by atoms with Gasteiger partial charge in [-0.15, -0.1) is 0 Å². The monoisotopic (exact) mass is 511 g/mol. The molecular formula is C30H29N3O5. The lowest BCUT2D eigenvalue weighted by Gasteiger charge is -2.34. The molecule has 6 rings (SSSR count). The summed E-state index contributed by atoms with van der Waals surface area (Å²) >= 11 is 0. The summed E-state index contributed by atoms with van der Waals surface area (Å²) in [6.45, 7) is 2.60. The minimum absolute atomic E-state index is 0.0300. The Morgan fingerprint density at radius 3 is 2.74 bits per heavy atom. The first-order chi connectivity index (χ1) is 18.5. The number of hydrogen-bond acceptors (Lipinski definition) is 6. The van der Waals surface area contributed by atoms with Gasteiger partial charge in [-0.1, -0.05) is 30.3 Å². The summed E-state index contributed by atoms with van der Waals surface area (Å²) in [5.41, 5.74) is 5.05. The first-order valence-corrected chi connectivity index (χ1v) is 12.9.